The Hall–Kier alpha value is -1.42. The molecule has 0 spiro atoms. The van der Waals surface area contributed by atoms with Gasteiger partial charge in [-0.05, 0) is 44.9 Å². The number of hydrogen-bond donors (Lipinski definition) is 1. The number of rotatable bonds is 5. The van der Waals surface area contributed by atoms with Crippen molar-refractivity contribution in [1.29, 1.82) is 0 Å². The van der Waals surface area contributed by atoms with Crippen LogP contribution in [0.1, 0.15) is 32.3 Å². The lowest BCUT2D eigenvalue weighted by atomic mass is 10.1. The van der Waals surface area contributed by atoms with Gasteiger partial charge in [-0.1, -0.05) is 6.07 Å². The highest BCUT2D eigenvalue weighted by atomic mass is 16.2. The van der Waals surface area contributed by atoms with Crippen LogP contribution in [0, 0.1) is 0 Å². The molecule has 1 aromatic rings. The average molecular weight is 261 g/mol. The van der Waals surface area contributed by atoms with Crippen LogP contribution < -0.4 is 5.32 Å². The van der Waals surface area contributed by atoms with Gasteiger partial charge in [0.05, 0.1) is 6.42 Å². The summed E-state index contributed by atoms with van der Waals surface area (Å²) in [5.74, 6) is 0.191. The maximum Gasteiger partial charge on any atom is 0.227 e. The van der Waals surface area contributed by atoms with Crippen LogP contribution >= 0.6 is 0 Å². The fourth-order valence-corrected chi connectivity index (χ4v) is 2.53. The lowest BCUT2D eigenvalue weighted by Gasteiger charge is -2.29. The van der Waals surface area contributed by atoms with Crippen molar-refractivity contribution in [2.24, 2.45) is 0 Å². The zero-order valence-corrected chi connectivity index (χ0v) is 11.8. The first-order valence-electron chi connectivity index (χ1n) is 7.08. The van der Waals surface area contributed by atoms with Crippen LogP contribution in [0.15, 0.2) is 24.5 Å². The molecule has 1 aromatic heterocycles. The summed E-state index contributed by atoms with van der Waals surface area (Å²) < 4.78 is 0. The van der Waals surface area contributed by atoms with E-state index in [0.29, 0.717) is 12.5 Å². The molecule has 1 atom stereocenters. The van der Waals surface area contributed by atoms with Gasteiger partial charge in [-0.3, -0.25) is 9.78 Å². The van der Waals surface area contributed by atoms with Gasteiger partial charge in [-0.25, -0.2) is 0 Å². The Morgan fingerprint density at radius 2 is 2.42 bits per heavy atom. The van der Waals surface area contributed by atoms with Crippen LogP contribution in [-0.4, -0.2) is 41.0 Å². The van der Waals surface area contributed by atoms with Gasteiger partial charge in [-0.15, -0.1) is 0 Å². The molecule has 0 aliphatic carbocycles. The first-order chi connectivity index (χ1) is 9.16. The second-order valence-electron chi connectivity index (χ2n) is 5.47. The van der Waals surface area contributed by atoms with Gasteiger partial charge in [0.1, 0.15) is 0 Å². The molecule has 1 aliphatic rings. The van der Waals surface area contributed by atoms with Crippen LogP contribution in [0.5, 0.6) is 0 Å². The Balaban J connectivity index is 1.96. The zero-order chi connectivity index (χ0) is 13.7. The number of aromatic nitrogens is 1. The van der Waals surface area contributed by atoms with Gasteiger partial charge in [0.2, 0.25) is 5.91 Å². The Bertz CT molecular complexity index is 399. The van der Waals surface area contributed by atoms with E-state index in [1.165, 1.54) is 12.8 Å². The van der Waals surface area contributed by atoms with Gasteiger partial charge in [0.15, 0.2) is 0 Å². The second kappa shape index (κ2) is 6.66. The Labute approximate surface area is 115 Å². The maximum absolute atomic E-state index is 12.4. The van der Waals surface area contributed by atoms with Gasteiger partial charge in [0.25, 0.3) is 0 Å². The molecule has 1 unspecified atom stereocenters. The van der Waals surface area contributed by atoms with Crippen molar-refractivity contribution < 1.29 is 4.79 Å². The molecule has 1 aliphatic heterocycles. The van der Waals surface area contributed by atoms with Gasteiger partial charge < -0.3 is 10.2 Å². The van der Waals surface area contributed by atoms with Crippen molar-refractivity contribution in [2.75, 3.05) is 13.1 Å². The summed E-state index contributed by atoms with van der Waals surface area (Å²) >= 11 is 0. The molecule has 4 nitrogen and oxygen atoms in total. The smallest absolute Gasteiger partial charge is 0.227 e. The van der Waals surface area contributed by atoms with Crippen LogP contribution in [0.3, 0.4) is 0 Å². The molecule has 2 rings (SSSR count). The molecule has 2 heterocycles. The highest BCUT2D eigenvalue weighted by Gasteiger charge is 2.23. The van der Waals surface area contributed by atoms with Crippen molar-refractivity contribution in [3.63, 3.8) is 0 Å². The topological polar surface area (TPSA) is 45.2 Å². The van der Waals surface area contributed by atoms with Crippen LogP contribution in [0.2, 0.25) is 0 Å². The molecule has 104 valence electrons. The molecule has 1 amide bonds. The third-order valence-electron chi connectivity index (χ3n) is 3.60. The van der Waals surface area contributed by atoms with E-state index in [1.807, 2.05) is 17.0 Å². The largest absolute Gasteiger partial charge is 0.338 e. The summed E-state index contributed by atoms with van der Waals surface area (Å²) in [5.41, 5.74) is 0.984. The van der Waals surface area contributed by atoms with E-state index in [2.05, 4.69) is 24.1 Å². The molecule has 1 fully saturated rings. The van der Waals surface area contributed by atoms with E-state index >= 15 is 0 Å². The van der Waals surface area contributed by atoms with Crippen LogP contribution in [0.4, 0.5) is 0 Å². The Kier molecular flexibility index (Phi) is 4.91. The number of nitrogens with zero attached hydrogens (tertiary/aromatic N) is 2. The summed E-state index contributed by atoms with van der Waals surface area (Å²) in [6.07, 6.45) is 6.33. The SMILES string of the molecule is CC(C)N(CC1CCCN1)C(=O)Cc1cccnc1. The minimum atomic E-state index is 0.191. The molecule has 0 radical (unpaired) electrons. The number of hydrogen-bond acceptors (Lipinski definition) is 3. The molecule has 1 saturated heterocycles. The van der Waals surface area contributed by atoms with Gasteiger partial charge in [0, 0.05) is 31.0 Å². The number of amides is 1. The highest BCUT2D eigenvalue weighted by Crippen LogP contribution is 2.11. The van der Waals surface area contributed by atoms with Crippen molar-refractivity contribution in [3.8, 4) is 0 Å². The normalized spacial score (nSPS) is 18.8. The molecule has 0 aromatic carbocycles. The first-order valence-corrected chi connectivity index (χ1v) is 7.08. The lowest BCUT2D eigenvalue weighted by Crippen LogP contribution is -2.45. The predicted molar refractivity (Wildman–Crippen MR) is 75.8 cm³/mol. The van der Waals surface area contributed by atoms with Crippen molar-refractivity contribution in [1.82, 2.24) is 15.2 Å². The molecule has 1 N–H and O–H groups in total. The minimum absolute atomic E-state index is 0.191. The van der Waals surface area contributed by atoms with Gasteiger partial charge >= 0.3 is 0 Å². The standard InChI is InChI=1S/C15H23N3O/c1-12(2)18(11-14-6-4-8-17-14)15(19)9-13-5-3-7-16-10-13/h3,5,7,10,12,14,17H,4,6,8-9,11H2,1-2H3. The second-order valence-corrected chi connectivity index (χ2v) is 5.47. The Morgan fingerprint density at radius 3 is 3.00 bits per heavy atom. The van der Waals surface area contributed by atoms with Crippen molar-refractivity contribution in [2.45, 2.75) is 45.2 Å². The molecule has 0 saturated carbocycles. The summed E-state index contributed by atoms with van der Waals surface area (Å²) in [5, 5.41) is 3.45. The van der Waals surface area contributed by atoms with E-state index in [9.17, 15) is 4.79 Å². The molecular formula is C15H23N3O. The number of carbonyl (C=O) groups excluding carboxylic acids is 1. The summed E-state index contributed by atoms with van der Waals surface area (Å²) in [7, 11) is 0. The van der Waals surface area contributed by atoms with Crippen molar-refractivity contribution >= 4 is 5.91 Å². The van der Waals surface area contributed by atoms with E-state index < -0.39 is 0 Å². The number of pyridine rings is 1. The maximum atomic E-state index is 12.4. The average Bonchev–Trinajstić information content (AvgIpc) is 2.89. The molecule has 0 bridgehead atoms. The monoisotopic (exact) mass is 261 g/mol. The third kappa shape index (κ3) is 4.03. The van der Waals surface area contributed by atoms with Crippen LogP contribution in [-0.2, 0) is 11.2 Å². The molecule has 19 heavy (non-hydrogen) atoms. The van der Waals surface area contributed by atoms with Crippen molar-refractivity contribution in [3.05, 3.63) is 30.1 Å². The molecular weight excluding hydrogens is 238 g/mol. The van der Waals surface area contributed by atoms with E-state index in [4.69, 9.17) is 0 Å². The Morgan fingerprint density at radius 1 is 1.58 bits per heavy atom. The fourth-order valence-electron chi connectivity index (χ4n) is 2.53. The number of nitrogens with one attached hydrogen (secondary N) is 1. The zero-order valence-electron chi connectivity index (χ0n) is 11.8. The predicted octanol–water partition coefficient (Wildman–Crippen LogP) is 1.61. The number of carbonyl (C=O) groups is 1. The quantitative estimate of drug-likeness (QED) is 0.876. The fraction of sp³-hybridized carbons (Fsp3) is 0.600. The van der Waals surface area contributed by atoms with Crippen LogP contribution in [0.25, 0.3) is 0 Å². The summed E-state index contributed by atoms with van der Waals surface area (Å²) in [6, 6.07) is 4.53. The highest BCUT2D eigenvalue weighted by molar-refractivity contribution is 5.79. The third-order valence-corrected chi connectivity index (χ3v) is 3.60. The molecule has 4 heteroatoms. The first kappa shape index (κ1) is 14.0. The summed E-state index contributed by atoms with van der Waals surface area (Å²) in [4.78, 5) is 18.5. The summed E-state index contributed by atoms with van der Waals surface area (Å²) in [6.45, 7) is 6.05. The van der Waals surface area contributed by atoms with E-state index in [1.54, 1.807) is 12.4 Å². The van der Waals surface area contributed by atoms with Gasteiger partial charge in [-0.2, -0.15) is 0 Å². The van der Waals surface area contributed by atoms with E-state index in [0.717, 1.165) is 18.7 Å². The minimum Gasteiger partial charge on any atom is -0.338 e. The van der Waals surface area contributed by atoms with E-state index in [-0.39, 0.29) is 11.9 Å². The lowest BCUT2D eigenvalue weighted by molar-refractivity contribution is -0.132.